The molecule has 1 aromatic rings. The minimum absolute atomic E-state index is 0.0537. The van der Waals surface area contributed by atoms with E-state index in [0.29, 0.717) is 0 Å². The van der Waals surface area contributed by atoms with Crippen molar-refractivity contribution in [1.82, 2.24) is 9.97 Å². The number of anilines is 1. The molecule has 0 saturated heterocycles. The average molecular weight is 226 g/mol. The number of nitrogens with one attached hydrogen (secondary N) is 1. The first kappa shape index (κ1) is 11.8. The van der Waals surface area contributed by atoms with Crippen molar-refractivity contribution < 1.29 is 14.8 Å². The fraction of sp³-hybridized carbons (Fsp3) is 0.375. The maximum atomic E-state index is 10.5. The molecule has 1 unspecified atom stereocenters. The number of hydrogen-bond acceptors (Lipinski definition) is 6. The van der Waals surface area contributed by atoms with Gasteiger partial charge in [-0.1, -0.05) is 0 Å². The van der Waals surface area contributed by atoms with E-state index in [0.717, 1.165) is 6.20 Å². The van der Waals surface area contributed by atoms with E-state index in [1.54, 1.807) is 0 Å². The van der Waals surface area contributed by atoms with Gasteiger partial charge in [-0.2, -0.15) is 0 Å². The Morgan fingerprint density at radius 1 is 1.69 bits per heavy atom. The number of rotatable bonds is 4. The standard InChI is InChI=1S/C8H10N4O4/c1-4-6(12(15)16)3-9-8(10-4)11-5(2)7(13)14/h3,5H,1-2H3,(H,13,14)(H,9,10,11). The highest BCUT2D eigenvalue weighted by molar-refractivity contribution is 5.75. The lowest BCUT2D eigenvalue weighted by Crippen LogP contribution is -2.26. The normalized spacial score (nSPS) is 11.9. The molecule has 0 saturated carbocycles. The molecule has 86 valence electrons. The molecule has 0 spiro atoms. The molecular formula is C8H10N4O4. The van der Waals surface area contributed by atoms with Crippen LogP contribution in [0.1, 0.15) is 12.6 Å². The van der Waals surface area contributed by atoms with E-state index in [2.05, 4.69) is 15.3 Å². The van der Waals surface area contributed by atoms with Crippen LogP contribution in [0.25, 0.3) is 0 Å². The van der Waals surface area contributed by atoms with E-state index in [-0.39, 0.29) is 17.3 Å². The summed E-state index contributed by atoms with van der Waals surface area (Å²) in [6.07, 6.45) is 1.04. The van der Waals surface area contributed by atoms with Gasteiger partial charge in [0.2, 0.25) is 5.95 Å². The van der Waals surface area contributed by atoms with Gasteiger partial charge in [0.1, 0.15) is 17.9 Å². The maximum absolute atomic E-state index is 10.5. The topological polar surface area (TPSA) is 118 Å². The molecule has 0 aliphatic rings. The van der Waals surface area contributed by atoms with Crippen LogP contribution in [-0.4, -0.2) is 32.0 Å². The number of nitrogens with zero attached hydrogens (tertiary/aromatic N) is 3. The third-order valence-electron chi connectivity index (χ3n) is 1.87. The summed E-state index contributed by atoms with van der Waals surface area (Å²) in [6.45, 7) is 2.87. The van der Waals surface area contributed by atoms with Gasteiger partial charge in [0.05, 0.1) is 4.92 Å². The zero-order chi connectivity index (χ0) is 12.3. The van der Waals surface area contributed by atoms with Crippen molar-refractivity contribution in [3.63, 3.8) is 0 Å². The quantitative estimate of drug-likeness (QED) is 0.569. The van der Waals surface area contributed by atoms with E-state index < -0.39 is 16.9 Å². The van der Waals surface area contributed by atoms with Crippen LogP contribution in [0.4, 0.5) is 11.6 Å². The van der Waals surface area contributed by atoms with Crippen LogP contribution in [0.2, 0.25) is 0 Å². The molecule has 1 heterocycles. The molecule has 0 bridgehead atoms. The number of carbonyl (C=O) groups is 1. The van der Waals surface area contributed by atoms with Crippen LogP contribution in [0.3, 0.4) is 0 Å². The van der Waals surface area contributed by atoms with E-state index in [4.69, 9.17) is 5.11 Å². The molecule has 0 aromatic carbocycles. The van der Waals surface area contributed by atoms with Gasteiger partial charge < -0.3 is 10.4 Å². The minimum atomic E-state index is -1.06. The van der Waals surface area contributed by atoms with Gasteiger partial charge in [0.25, 0.3) is 0 Å². The number of carboxylic acid groups (broad SMARTS) is 1. The Morgan fingerprint density at radius 3 is 2.75 bits per heavy atom. The smallest absolute Gasteiger partial charge is 0.325 e. The van der Waals surface area contributed by atoms with Crippen LogP contribution in [-0.2, 0) is 4.79 Å². The number of aromatic nitrogens is 2. The largest absolute Gasteiger partial charge is 0.480 e. The van der Waals surface area contributed by atoms with Crippen molar-refractivity contribution in [2.24, 2.45) is 0 Å². The first-order valence-corrected chi connectivity index (χ1v) is 4.39. The summed E-state index contributed by atoms with van der Waals surface area (Å²) in [7, 11) is 0. The zero-order valence-electron chi connectivity index (χ0n) is 8.67. The van der Waals surface area contributed by atoms with Gasteiger partial charge in [0.15, 0.2) is 0 Å². The monoisotopic (exact) mass is 226 g/mol. The molecule has 1 aromatic heterocycles. The lowest BCUT2D eigenvalue weighted by atomic mass is 10.3. The highest BCUT2D eigenvalue weighted by Crippen LogP contribution is 2.15. The SMILES string of the molecule is Cc1nc(NC(C)C(=O)O)ncc1[N+](=O)[O-]. The Hall–Kier alpha value is -2.25. The molecule has 0 aliphatic carbocycles. The summed E-state index contributed by atoms with van der Waals surface area (Å²) in [5.41, 5.74) is -0.0198. The number of nitro groups is 1. The Kier molecular flexibility index (Phi) is 3.33. The molecule has 2 N–H and O–H groups in total. The van der Waals surface area contributed by atoms with E-state index in [1.807, 2.05) is 0 Å². The van der Waals surface area contributed by atoms with Crippen LogP contribution >= 0.6 is 0 Å². The summed E-state index contributed by atoms with van der Waals surface area (Å²) in [6, 6.07) is -0.860. The van der Waals surface area contributed by atoms with Gasteiger partial charge >= 0.3 is 11.7 Å². The van der Waals surface area contributed by atoms with E-state index in [1.165, 1.54) is 13.8 Å². The number of aliphatic carboxylic acids is 1. The van der Waals surface area contributed by atoms with Gasteiger partial charge in [-0.05, 0) is 13.8 Å². The van der Waals surface area contributed by atoms with Crippen molar-refractivity contribution in [3.05, 3.63) is 22.0 Å². The third kappa shape index (κ3) is 2.62. The maximum Gasteiger partial charge on any atom is 0.325 e. The molecule has 1 atom stereocenters. The van der Waals surface area contributed by atoms with Crippen molar-refractivity contribution in [2.45, 2.75) is 19.9 Å². The molecule has 1 rings (SSSR count). The summed E-state index contributed by atoms with van der Waals surface area (Å²) in [4.78, 5) is 27.9. The number of aryl methyl sites for hydroxylation is 1. The lowest BCUT2D eigenvalue weighted by molar-refractivity contribution is -0.386. The van der Waals surface area contributed by atoms with Crippen molar-refractivity contribution in [1.29, 1.82) is 0 Å². The fourth-order valence-corrected chi connectivity index (χ4v) is 0.965. The van der Waals surface area contributed by atoms with Crippen molar-refractivity contribution in [2.75, 3.05) is 5.32 Å². The number of carboxylic acids is 1. The minimum Gasteiger partial charge on any atom is -0.480 e. The Morgan fingerprint density at radius 2 is 2.31 bits per heavy atom. The second kappa shape index (κ2) is 4.51. The first-order valence-electron chi connectivity index (χ1n) is 4.39. The van der Waals surface area contributed by atoms with E-state index in [9.17, 15) is 14.9 Å². The average Bonchev–Trinajstić information content (AvgIpc) is 2.16. The van der Waals surface area contributed by atoms with Crippen LogP contribution in [0.15, 0.2) is 6.20 Å². The first-order chi connectivity index (χ1) is 7.41. The van der Waals surface area contributed by atoms with E-state index >= 15 is 0 Å². The number of hydrogen-bond donors (Lipinski definition) is 2. The van der Waals surface area contributed by atoms with Gasteiger partial charge in [-0.15, -0.1) is 0 Å². The van der Waals surface area contributed by atoms with Crippen LogP contribution in [0.5, 0.6) is 0 Å². The molecule has 8 heteroatoms. The Balaban J connectivity index is 2.89. The molecule has 0 aliphatic heterocycles. The second-order valence-electron chi connectivity index (χ2n) is 3.13. The predicted molar refractivity (Wildman–Crippen MR) is 54.1 cm³/mol. The van der Waals surface area contributed by atoms with Gasteiger partial charge in [0, 0.05) is 0 Å². The van der Waals surface area contributed by atoms with Gasteiger partial charge in [-0.25, -0.2) is 9.97 Å². The zero-order valence-corrected chi connectivity index (χ0v) is 8.67. The van der Waals surface area contributed by atoms with Crippen LogP contribution in [0, 0.1) is 17.0 Å². The summed E-state index contributed by atoms with van der Waals surface area (Å²) < 4.78 is 0. The molecule has 0 amide bonds. The molecule has 0 fully saturated rings. The van der Waals surface area contributed by atoms with Crippen molar-refractivity contribution >= 4 is 17.6 Å². The summed E-state index contributed by atoms with van der Waals surface area (Å²) in [5.74, 6) is -1.00. The second-order valence-corrected chi connectivity index (χ2v) is 3.13. The molecular weight excluding hydrogens is 216 g/mol. The van der Waals surface area contributed by atoms with Gasteiger partial charge in [-0.3, -0.25) is 14.9 Å². The summed E-state index contributed by atoms with van der Waals surface area (Å²) >= 11 is 0. The predicted octanol–water partition coefficient (Wildman–Crippen LogP) is 0.578. The molecule has 0 radical (unpaired) electrons. The van der Waals surface area contributed by atoms with Crippen molar-refractivity contribution in [3.8, 4) is 0 Å². The lowest BCUT2D eigenvalue weighted by Gasteiger charge is -2.08. The third-order valence-corrected chi connectivity index (χ3v) is 1.87. The molecule has 16 heavy (non-hydrogen) atoms. The highest BCUT2D eigenvalue weighted by Gasteiger charge is 2.16. The Labute approximate surface area is 90.5 Å². The summed E-state index contributed by atoms with van der Waals surface area (Å²) in [5, 5.41) is 21.6. The highest BCUT2D eigenvalue weighted by atomic mass is 16.6. The van der Waals surface area contributed by atoms with Crippen LogP contribution < -0.4 is 5.32 Å². The molecule has 8 nitrogen and oxygen atoms in total. The fourth-order valence-electron chi connectivity index (χ4n) is 0.965. The Bertz CT molecular complexity index is 434.